The van der Waals surface area contributed by atoms with Crippen molar-refractivity contribution in [3.05, 3.63) is 28.9 Å². The van der Waals surface area contributed by atoms with E-state index in [0.717, 1.165) is 0 Å². The summed E-state index contributed by atoms with van der Waals surface area (Å²) in [7, 11) is -1.58. The molecule has 2 heterocycles. The van der Waals surface area contributed by atoms with Crippen molar-refractivity contribution in [2.75, 3.05) is 20.7 Å². The van der Waals surface area contributed by atoms with Crippen LogP contribution in [0.5, 0.6) is 6.01 Å². The Bertz CT molecular complexity index is 1160. The fourth-order valence-electron chi connectivity index (χ4n) is 3.03. The first-order chi connectivity index (χ1) is 15.3. The summed E-state index contributed by atoms with van der Waals surface area (Å²) in [5, 5.41) is 0. The van der Waals surface area contributed by atoms with E-state index in [9.17, 15) is 8.42 Å². The smallest absolute Gasteiger partial charge is 0.464 e. The van der Waals surface area contributed by atoms with Crippen LogP contribution in [0.15, 0.2) is 38.2 Å². The summed E-state index contributed by atoms with van der Waals surface area (Å²) in [6.07, 6.45) is 2.80. The fraction of sp³-hybridized carbons (Fsp3) is 0.476. The number of nitrogens with zero attached hydrogens (tertiary/aromatic N) is 4. The lowest BCUT2D eigenvalue weighted by Gasteiger charge is -2.32. The van der Waals surface area contributed by atoms with Crippen LogP contribution in [0.25, 0.3) is 11.3 Å². The highest BCUT2D eigenvalue weighted by molar-refractivity contribution is 9.10. The van der Waals surface area contributed by atoms with Crippen molar-refractivity contribution in [1.29, 1.82) is 0 Å². The molecule has 0 spiro atoms. The van der Waals surface area contributed by atoms with Crippen LogP contribution in [0, 0.1) is 0 Å². The van der Waals surface area contributed by atoms with Gasteiger partial charge in [-0.25, -0.2) is 4.98 Å². The van der Waals surface area contributed by atoms with Gasteiger partial charge in [-0.2, -0.15) is 13.4 Å². The van der Waals surface area contributed by atoms with Crippen molar-refractivity contribution in [3.8, 4) is 17.3 Å². The lowest BCUT2D eigenvalue weighted by Crippen LogP contribution is -2.41. The molecule has 33 heavy (non-hydrogen) atoms. The van der Waals surface area contributed by atoms with Crippen LogP contribution in [-0.2, 0) is 19.3 Å². The third-order valence-electron chi connectivity index (χ3n) is 5.48. The van der Waals surface area contributed by atoms with Crippen molar-refractivity contribution in [3.63, 3.8) is 0 Å². The molecule has 0 unspecified atom stereocenters. The molecule has 0 amide bonds. The number of halogens is 1. The molecule has 1 saturated heterocycles. The maximum atomic E-state index is 13.3. The van der Waals surface area contributed by atoms with Gasteiger partial charge in [0.1, 0.15) is 6.34 Å². The third-order valence-corrected chi connectivity index (χ3v) is 7.35. The normalized spacial score (nSPS) is 17.5. The molecule has 0 atom stereocenters. The molecule has 0 radical (unpaired) electrons. The molecule has 3 rings (SSSR count). The van der Waals surface area contributed by atoms with Gasteiger partial charge >= 0.3 is 13.1 Å². The summed E-state index contributed by atoms with van der Waals surface area (Å²) in [6, 6.07) is 5.15. The summed E-state index contributed by atoms with van der Waals surface area (Å²) in [4.78, 5) is 10.1. The van der Waals surface area contributed by atoms with E-state index in [1.807, 2.05) is 34.6 Å². The molecular weight excluding hydrogens is 511 g/mol. The standard InChI is InChI=1S/C21H28BBrN4O5S/c1-8-30-19-24-12-16(23)18(26-19)14-9-10-15(22-31-20(2,3)21(4,5)32-22)17(11-14)33(28,29)25-13-27(6)7/h9-13H,8H2,1-7H3. The second-order valence-electron chi connectivity index (χ2n) is 8.78. The zero-order valence-electron chi connectivity index (χ0n) is 19.8. The molecule has 12 heteroatoms. The Balaban J connectivity index is 2.18. The monoisotopic (exact) mass is 538 g/mol. The molecule has 1 aliphatic rings. The van der Waals surface area contributed by atoms with Gasteiger partial charge in [0.25, 0.3) is 10.0 Å². The van der Waals surface area contributed by atoms with Crippen LogP contribution in [0.2, 0.25) is 0 Å². The van der Waals surface area contributed by atoms with Gasteiger partial charge < -0.3 is 18.9 Å². The van der Waals surface area contributed by atoms with Gasteiger partial charge in [-0.05, 0) is 56.6 Å². The molecule has 0 bridgehead atoms. The zero-order valence-corrected chi connectivity index (χ0v) is 22.2. The van der Waals surface area contributed by atoms with Gasteiger partial charge in [0.2, 0.25) is 0 Å². The Morgan fingerprint density at radius 1 is 1.21 bits per heavy atom. The number of aromatic nitrogens is 2. The molecule has 2 aromatic rings. The second-order valence-corrected chi connectivity index (χ2v) is 11.2. The van der Waals surface area contributed by atoms with Crippen molar-refractivity contribution in [2.24, 2.45) is 4.40 Å². The minimum atomic E-state index is -4.08. The molecule has 1 aliphatic heterocycles. The van der Waals surface area contributed by atoms with Crippen molar-refractivity contribution >= 4 is 44.9 Å². The van der Waals surface area contributed by atoms with Crippen molar-refractivity contribution in [1.82, 2.24) is 14.9 Å². The van der Waals surface area contributed by atoms with Gasteiger partial charge in [-0.3, -0.25) is 0 Å². The van der Waals surface area contributed by atoms with Gasteiger partial charge in [0, 0.05) is 31.3 Å². The van der Waals surface area contributed by atoms with E-state index in [1.54, 1.807) is 37.3 Å². The van der Waals surface area contributed by atoms with E-state index < -0.39 is 28.3 Å². The first kappa shape index (κ1) is 25.6. The molecule has 1 fully saturated rings. The third kappa shape index (κ3) is 5.39. The lowest BCUT2D eigenvalue weighted by atomic mass is 9.78. The van der Waals surface area contributed by atoms with Crippen LogP contribution in [0.1, 0.15) is 34.6 Å². The predicted molar refractivity (Wildman–Crippen MR) is 131 cm³/mol. The number of sulfonamides is 1. The molecule has 0 N–H and O–H groups in total. The summed E-state index contributed by atoms with van der Waals surface area (Å²) in [5.74, 6) is 0. The quantitative estimate of drug-likeness (QED) is 0.301. The van der Waals surface area contributed by atoms with Crippen LogP contribution in [-0.4, -0.2) is 68.6 Å². The molecule has 9 nitrogen and oxygen atoms in total. The Labute approximate surface area is 203 Å². The summed E-state index contributed by atoms with van der Waals surface area (Å²) >= 11 is 3.44. The molecule has 0 saturated carbocycles. The minimum absolute atomic E-state index is 0.0277. The summed E-state index contributed by atoms with van der Waals surface area (Å²) in [6.45, 7) is 9.87. The summed E-state index contributed by atoms with van der Waals surface area (Å²) < 4.78 is 48.6. The fourth-order valence-corrected chi connectivity index (χ4v) is 4.62. The van der Waals surface area contributed by atoms with Gasteiger partial charge in [-0.15, -0.1) is 4.40 Å². The highest BCUT2D eigenvalue weighted by Crippen LogP contribution is 2.37. The Morgan fingerprint density at radius 3 is 2.42 bits per heavy atom. The number of ether oxygens (including phenoxy) is 1. The van der Waals surface area contributed by atoms with E-state index in [1.165, 1.54) is 12.4 Å². The SMILES string of the molecule is CCOc1ncc(Br)c(-c2ccc(B3OC(C)(C)C(C)(C)O3)c(S(=O)(=O)N=CN(C)C)c2)n1. The highest BCUT2D eigenvalue weighted by atomic mass is 79.9. The van der Waals surface area contributed by atoms with Crippen LogP contribution >= 0.6 is 15.9 Å². The molecule has 1 aromatic carbocycles. The predicted octanol–water partition coefficient (Wildman–Crippen LogP) is 2.88. The first-order valence-corrected chi connectivity index (χ1v) is 12.6. The maximum absolute atomic E-state index is 13.3. The van der Waals surface area contributed by atoms with Crippen molar-refractivity contribution < 1.29 is 22.5 Å². The number of hydrogen-bond acceptors (Lipinski definition) is 7. The topological polar surface area (TPSA) is 103 Å². The van der Waals surface area contributed by atoms with Crippen LogP contribution in [0.3, 0.4) is 0 Å². The first-order valence-electron chi connectivity index (χ1n) is 10.4. The minimum Gasteiger partial charge on any atom is -0.464 e. The Morgan fingerprint density at radius 2 is 1.85 bits per heavy atom. The van der Waals surface area contributed by atoms with E-state index in [-0.39, 0.29) is 10.9 Å². The number of benzene rings is 1. The Kier molecular flexibility index (Phi) is 7.23. The Hall–Kier alpha value is -2.02. The van der Waals surface area contributed by atoms with Gasteiger partial charge in [0.15, 0.2) is 0 Å². The highest BCUT2D eigenvalue weighted by Gasteiger charge is 2.52. The van der Waals surface area contributed by atoms with Crippen LogP contribution in [0.4, 0.5) is 0 Å². The molecule has 1 aromatic heterocycles. The average molecular weight is 539 g/mol. The zero-order chi connectivity index (χ0) is 24.6. The van der Waals surface area contributed by atoms with Crippen molar-refractivity contribution in [2.45, 2.75) is 50.7 Å². The van der Waals surface area contributed by atoms with E-state index in [0.29, 0.717) is 27.8 Å². The van der Waals surface area contributed by atoms with Gasteiger partial charge in [-0.1, -0.05) is 12.1 Å². The molecule has 178 valence electrons. The van der Waals surface area contributed by atoms with E-state index >= 15 is 0 Å². The van der Waals surface area contributed by atoms with E-state index in [2.05, 4.69) is 30.3 Å². The molecule has 0 aliphatic carbocycles. The number of hydrogen-bond donors (Lipinski definition) is 0. The molecular formula is C21H28BBrN4O5S. The largest absolute Gasteiger partial charge is 0.496 e. The maximum Gasteiger partial charge on any atom is 0.496 e. The van der Waals surface area contributed by atoms with E-state index in [4.69, 9.17) is 14.0 Å². The van der Waals surface area contributed by atoms with Crippen LogP contribution < -0.4 is 10.2 Å². The second kappa shape index (κ2) is 9.32. The number of rotatable bonds is 7. The summed E-state index contributed by atoms with van der Waals surface area (Å²) in [5.41, 5.74) is 0.133. The lowest BCUT2D eigenvalue weighted by molar-refractivity contribution is 0.00578. The average Bonchev–Trinajstić information content (AvgIpc) is 2.95. The van der Waals surface area contributed by atoms with Gasteiger partial charge in [0.05, 0.1) is 32.9 Å².